The molecule has 19 heavy (non-hydrogen) atoms. The summed E-state index contributed by atoms with van der Waals surface area (Å²) >= 11 is 0. The molecule has 0 spiro atoms. The zero-order chi connectivity index (χ0) is 13.2. The molecule has 2 aromatic rings. The first-order valence-electron chi connectivity index (χ1n) is 5.80. The third-order valence-corrected chi connectivity index (χ3v) is 2.98. The predicted octanol–water partition coefficient (Wildman–Crippen LogP) is -0.125. The van der Waals surface area contributed by atoms with Gasteiger partial charge in [0, 0.05) is 13.1 Å². The van der Waals surface area contributed by atoms with E-state index in [2.05, 4.69) is 24.9 Å². The molecule has 0 saturated carbocycles. The van der Waals surface area contributed by atoms with E-state index < -0.39 is 5.97 Å². The SMILES string of the molecule is COC(=O)c1cncc(N2CCn3cnnc3C2)n1. The number of esters is 1. The quantitative estimate of drug-likeness (QED) is 0.695. The first kappa shape index (κ1) is 11.6. The lowest BCUT2D eigenvalue weighted by Crippen LogP contribution is -2.34. The fourth-order valence-electron chi connectivity index (χ4n) is 1.97. The molecule has 0 aliphatic carbocycles. The van der Waals surface area contributed by atoms with Gasteiger partial charge in [0.2, 0.25) is 0 Å². The molecule has 0 bridgehead atoms. The molecule has 0 atom stereocenters. The molecule has 1 aliphatic heterocycles. The van der Waals surface area contributed by atoms with Gasteiger partial charge in [0.15, 0.2) is 11.5 Å². The van der Waals surface area contributed by atoms with E-state index >= 15 is 0 Å². The molecule has 0 unspecified atom stereocenters. The van der Waals surface area contributed by atoms with Crippen LogP contribution in [0.3, 0.4) is 0 Å². The molecular weight excluding hydrogens is 248 g/mol. The summed E-state index contributed by atoms with van der Waals surface area (Å²) in [5.41, 5.74) is 0.201. The van der Waals surface area contributed by atoms with Crippen LogP contribution >= 0.6 is 0 Å². The fourth-order valence-corrected chi connectivity index (χ4v) is 1.97. The molecule has 0 saturated heterocycles. The maximum atomic E-state index is 11.4. The van der Waals surface area contributed by atoms with E-state index in [-0.39, 0.29) is 5.69 Å². The Labute approximate surface area is 109 Å². The summed E-state index contributed by atoms with van der Waals surface area (Å²) < 4.78 is 6.63. The Kier molecular flexibility index (Phi) is 2.82. The summed E-state index contributed by atoms with van der Waals surface area (Å²) in [6, 6.07) is 0. The minimum absolute atomic E-state index is 0.201. The van der Waals surface area contributed by atoms with E-state index in [4.69, 9.17) is 0 Å². The number of ether oxygens (including phenoxy) is 1. The summed E-state index contributed by atoms with van der Waals surface area (Å²) in [6.45, 7) is 2.15. The highest BCUT2D eigenvalue weighted by Gasteiger charge is 2.20. The van der Waals surface area contributed by atoms with Crippen molar-refractivity contribution in [2.24, 2.45) is 0 Å². The molecule has 0 aromatic carbocycles. The van der Waals surface area contributed by atoms with Gasteiger partial charge in [-0.3, -0.25) is 4.98 Å². The second-order valence-corrected chi connectivity index (χ2v) is 4.12. The topological polar surface area (TPSA) is 86.0 Å². The van der Waals surface area contributed by atoms with Crippen LogP contribution in [0.4, 0.5) is 5.82 Å². The van der Waals surface area contributed by atoms with Gasteiger partial charge in [0.05, 0.1) is 26.0 Å². The average Bonchev–Trinajstić information content (AvgIpc) is 2.94. The monoisotopic (exact) mass is 260 g/mol. The maximum Gasteiger partial charge on any atom is 0.358 e. The van der Waals surface area contributed by atoms with Gasteiger partial charge in [-0.2, -0.15) is 0 Å². The molecule has 3 rings (SSSR count). The fraction of sp³-hybridized carbons (Fsp3) is 0.364. The van der Waals surface area contributed by atoms with Gasteiger partial charge in [-0.25, -0.2) is 9.78 Å². The van der Waals surface area contributed by atoms with Crippen molar-refractivity contribution in [1.82, 2.24) is 24.7 Å². The van der Waals surface area contributed by atoms with E-state index in [1.54, 1.807) is 12.5 Å². The number of rotatable bonds is 2. The molecule has 0 radical (unpaired) electrons. The van der Waals surface area contributed by atoms with Crippen molar-refractivity contribution in [2.45, 2.75) is 13.1 Å². The lowest BCUT2D eigenvalue weighted by molar-refractivity contribution is 0.0593. The van der Waals surface area contributed by atoms with Crippen molar-refractivity contribution in [3.05, 3.63) is 30.2 Å². The number of nitrogens with zero attached hydrogens (tertiary/aromatic N) is 6. The van der Waals surface area contributed by atoms with Gasteiger partial charge in [-0.15, -0.1) is 10.2 Å². The molecule has 8 nitrogen and oxygen atoms in total. The first-order chi connectivity index (χ1) is 9.28. The molecule has 0 fully saturated rings. The second kappa shape index (κ2) is 4.63. The van der Waals surface area contributed by atoms with E-state index in [9.17, 15) is 4.79 Å². The minimum Gasteiger partial charge on any atom is -0.464 e. The van der Waals surface area contributed by atoms with Crippen molar-refractivity contribution in [3.8, 4) is 0 Å². The largest absolute Gasteiger partial charge is 0.464 e. The number of aromatic nitrogens is 5. The number of carbonyl (C=O) groups is 1. The maximum absolute atomic E-state index is 11.4. The van der Waals surface area contributed by atoms with E-state index in [0.717, 1.165) is 18.9 Å². The highest BCUT2D eigenvalue weighted by Crippen LogP contribution is 2.17. The van der Waals surface area contributed by atoms with Crippen molar-refractivity contribution < 1.29 is 9.53 Å². The summed E-state index contributed by atoms with van der Waals surface area (Å²) in [5.74, 6) is 1.02. The number of carbonyl (C=O) groups excluding carboxylic acids is 1. The number of hydrogen-bond acceptors (Lipinski definition) is 7. The highest BCUT2D eigenvalue weighted by molar-refractivity contribution is 5.87. The minimum atomic E-state index is -0.491. The molecule has 0 amide bonds. The molecule has 8 heteroatoms. The van der Waals surface area contributed by atoms with Crippen LogP contribution in [0.2, 0.25) is 0 Å². The first-order valence-corrected chi connectivity index (χ1v) is 5.80. The van der Waals surface area contributed by atoms with Gasteiger partial charge < -0.3 is 14.2 Å². The third kappa shape index (κ3) is 2.12. The Bertz CT molecular complexity index is 611. The normalized spacial score (nSPS) is 14.1. The average molecular weight is 260 g/mol. The summed E-state index contributed by atoms with van der Waals surface area (Å²) in [5, 5.41) is 7.90. The second-order valence-electron chi connectivity index (χ2n) is 4.12. The van der Waals surface area contributed by atoms with Crippen LogP contribution in [0.15, 0.2) is 18.7 Å². The van der Waals surface area contributed by atoms with Crippen molar-refractivity contribution in [2.75, 3.05) is 18.6 Å². The lowest BCUT2D eigenvalue weighted by Gasteiger charge is -2.27. The van der Waals surface area contributed by atoms with Crippen LogP contribution in [0.1, 0.15) is 16.3 Å². The Hall–Kier alpha value is -2.51. The molecular formula is C11H12N6O2. The molecule has 3 heterocycles. The van der Waals surface area contributed by atoms with Crippen LogP contribution in [0.5, 0.6) is 0 Å². The van der Waals surface area contributed by atoms with Gasteiger partial charge in [-0.05, 0) is 0 Å². The molecule has 1 aliphatic rings. The zero-order valence-electron chi connectivity index (χ0n) is 10.4. The van der Waals surface area contributed by atoms with Crippen molar-refractivity contribution >= 4 is 11.8 Å². The predicted molar refractivity (Wildman–Crippen MR) is 64.4 cm³/mol. The van der Waals surface area contributed by atoms with Crippen LogP contribution in [0.25, 0.3) is 0 Å². The summed E-state index contributed by atoms with van der Waals surface area (Å²) in [6.07, 6.45) is 4.73. The zero-order valence-corrected chi connectivity index (χ0v) is 10.4. The van der Waals surface area contributed by atoms with Crippen LogP contribution in [-0.2, 0) is 17.8 Å². The van der Waals surface area contributed by atoms with Gasteiger partial charge >= 0.3 is 5.97 Å². The number of fused-ring (bicyclic) bond motifs is 1. The standard InChI is InChI=1S/C11H12N6O2/c1-19-11(18)8-4-12-5-9(14-8)16-2-3-17-7-13-15-10(17)6-16/h4-5,7H,2-3,6H2,1H3. The molecule has 98 valence electrons. The number of anilines is 1. The van der Waals surface area contributed by atoms with Crippen LogP contribution in [0, 0.1) is 0 Å². The Balaban J connectivity index is 1.85. The van der Waals surface area contributed by atoms with Crippen LogP contribution < -0.4 is 4.90 Å². The smallest absolute Gasteiger partial charge is 0.358 e. The number of hydrogen-bond donors (Lipinski definition) is 0. The lowest BCUT2D eigenvalue weighted by atomic mass is 10.3. The van der Waals surface area contributed by atoms with E-state index in [1.807, 2.05) is 9.47 Å². The third-order valence-electron chi connectivity index (χ3n) is 2.98. The molecule has 0 N–H and O–H groups in total. The van der Waals surface area contributed by atoms with Gasteiger partial charge in [0.1, 0.15) is 12.1 Å². The summed E-state index contributed by atoms with van der Waals surface area (Å²) in [4.78, 5) is 21.7. The van der Waals surface area contributed by atoms with Crippen molar-refractivity contribution in [1.29, 1.82) is 0 Å². The molecule has 2 aromatic heterocycles. The highest BCUT2D eigenvalue weighted by atomic mass is 16.5. The number of methoxy groups -OCH3 is 1. The van der Waals surface area contributed by atoms with Gasteiger partial charge in [-0.1, -0.05) is 0 Å². The Morgan fingerprint density at radius 3 is 3.11 bits per heavy atom. The van der Waals surface area contributed by atoms with E-state index in [0.29, 0.717) is 12.4 Å². The van der Waals surface area contributed by atoms with Crippen molar-refractivity contribution in [3.63, 3.8) is 0 Å². The Morgan fingerprint density at radius 1 is 1.37 bits per heavy atom. The summed E-state index contributed by atoms with van der Waals surface area (Å²) in [7, 11) is 1.32. The van der Waals surface area contributed by atoms with Gasteiger partial charge in [0.25, 0.3) is 0 Å². The van der Waals surface area contributed by atoms with Crippen LogP contribution in [-0.4, -0.2) is 44.4 Å². The Morgan fingerprint density at radius 2 is 2.26 bits per heavy atom. The van der Waals surface area contributed by atoms with E-state index in [1.165, 1.54) is 13.3 Å².